The number of aliphatic hydroxyl groups is 1. The maximum Gasteiger partial charge on any atom is 0.295 e. The number of carbonyl (C=O) groups excluding carboxylic acids is 2. The van der Waals surface area contributed by atoms with Crippen LogP contribution in [-0.4, -0.2) is 63.3 Å². The highest BCUT2D eigenvalue weighted by Gasteiger charge is 2.47. The number of hydrogen-bond donors (Lipinski definition) is 1. The fourth-order valence-electron chi connectivity index (χ4n) is 3.91. The molecule has 3 rings (SSSR count). The Hall–Kier alpha value is -3.04. The Labute approximate surface area is 200 Å². The first-order valence-electron chi connectivity index (χ1n) is 10.2. The molecule has 2 aromatic carbocycles. The van der Waals surface area contributed by atoms with Gasteiger partial charge in [-0.25, -0.2) is 0 Å². The van der Waals surface area contributed by atoms with Crippen molar-refractivity contribution in [2.75, 3.05) is 41.6 Å². The first-order valence-corrected chi connectivity index (χ1v) is 11.0. The van der Waals surface area contributed by atoms with E-state index in [0.717, 1.165) is 0 Å². The number of amides is 1. The maximum atomic E-state index is 13.2. The number of benzene rings is 2. The van der Waals surface area contributed by atoms with Crippen LogP contribution in [0.15, 0.2) is 46.4 Å². The third kappa shape index (κ3) is 4.69. The summed E-state index contributed by atoms with van der Waals surface area (Å²) >= 11 is 3.40. The monoisotopic (exact) mass is 519 g/mol. The van der Waals surface area contributed by atoms with E-state index in [2.05, 4.69) is 15.9 Å². The summed E-state index contributed by atoms with van der Waals surface area (Å²) in [7, 11) is 6.09. The third-order valence-corrected chi connectivity index (χ3v) is 6.06. The van der Waals surface area contributed by atoms with E-state index >= 15 is 0 Å². The molecule has 1 N–H and O–H groups in total. The maximum absolute atomic E-state index is 13.2. The molecule has 2 aromatic rings. The van der Waals surface area contributed by atoms with Crippen molar-refractivity contribution in [3.05, 3.63) is 57.6 Å². The van der Waals surface area contributed by atoms with E-state index in [1.807, 2.05) is 0 Å². The van der Waals surface area contributed by atoms with Crippen molar-refractivity contribution >= 4 is 33.4 Å². The predicted molar refractivity (Wildman–Crippen MR) is 126 cm³/mol. The van der Waals surface area contributed by atoms with Crippen LogP contribution in [-0.2, 0) is 14.3 Å². The molecule has 1 saturated heterocycles. The molecule has 1 amide bonds. The van der Waals surface area contributed by atoms with Gasteiger partial charge in [0.1, 0.15) is 11.5 Å². The molecule has 0 aromatic heterocycles. The molecule has 1 aliphatic heterocycles. The summed E-state index contributed by atoms with van der Waals surface area (Å²) in [5.74, 6) is -0.365. The summed E-state index contributed by atoms with van der Waals surface area (Å²) in [5.41, 5.74) is 0.869. The lowest BCUT2D eigenvalue weighted by Gasteiger charge is -2.27. The minimum Gasteiger partial charge on any atom is -0.507 e. The lowest BCUT2D eigenvalue weighted by atomic mass is 9.94. The number of para-hydroxylation sites is 1. The molecule has 0 spiro atoms. The summed E-state index contributed by atoms with van der Waals surface area (Å²) in [6.07, 6.45) is 0.514. The number of halogens is 1. The summed E-state index contributed by atoms with van der Waals surface area (Å²) in [6.45, 7) is 0.670. The molecule has 176 valence electrons. The molecule has 0 aliphatic carbocycles. The summed E-state index contributed by atoms with van der Waals surface area (Å²) < 4.78 is 22.0. The van der Waals surface area contributed by atoms with Gasteiger partial charge in [-0.1, -0.05) is 12.1 Å². The molecule has 1 aliphatic rings. The van der Waals surface area contributed by atoms with Gasteiger partial charge in [-0.2, -0.15) is 0 Å². The van der Waals surface area contributed by atoms with E-state index in [1.165, 1.54) is 26.2 Å². The number of likely N-dealkylation sites (tertiary alicyclic amines) is 1. The number of rotatable bonds is 9. The Kier molecular flexibility index (Phi) is 7.99. The molecule has 1 heterocycles. The number of hydrogen-bond acceptors (Lipinski definition) is 7. The Balaban J connectivity index is 2.22. The number of carbonyl (C=O) groups is 2. The fourth-order valence-corrected chi connectivity index (χ4v) is 4.45. The number of nitrogens with zero attached hydrogens (tertiary/aromatic N) is 1. The lowest BCUT2D eigenvalue weighted by molar-refractivity contribution is -0.140. The second kappa shape index (κ2) is 10.7. The Morgan fingerprint density at radius 3 is 2.36 bits per heavy atom. The van der Waals surface area contributed by atoms with Crippen molar-refractivity contribution < 1.29 is 33.6 Å². The van der Waals surface area contributed by atoms with Crippen LogP contribution in [0.4, 0.5) is 0 Å². The van der Waals surface area contributed by atoms with Crippen molar-refractivity contribution in [3.8, 4) is 17.2 Å². The van der Waals surface area contributed by atoms with Crippen molar-refractivity contribution in [1.29, 1.82) is 0 Å². The van der Waals surface area contributed by atoms with Crippen LogP contribution in [0, 0.1) is 0 Å². The molecule has 0 bridgehead atoms. The molecule has 1 unspecified atom stereocenters. The van der Waals surface area contributed by atoms with Crippen molar-refractivity contribution in [2.24, 2.45) is 0 Å². The van der Waals surface area contributed by atoms with E-state index in [1.54, 1.807) is 43.5 Å². The molecular weight excluding hydrogens is 494 g/mol. The smallest absolute Gasteiger partial charge is 0.295 e. The van der Waals surface area contributed by atoms with Crippen LogP contribution in [0.1, 0.15) is 23.6 Å². The quantitative estimate of drug-likeness (QED) is 0.232. The lowest BCUT2D eigenvalue weighted by Crippen LogP contribution is -2.31. The molecule has 33 heavy (non-hydrogen) atoms. The van der Waals surface area contributed by atoms with Crippen molar-refractivity contribution in [2.45, 2.75) is 12.5 Å². The average Bonchev–Trinajstić information content (AvgIpc) is 3.07. The highest BCUT2D eigenvalue weighted by Crippen LogP contribution is 2.45. The third-order valence-electron chi connectivity index (χ3n) is 5.44. The van der Waals surface area contributed by atoms with E-state index < -0.39 is 17.7 Å². The zero-order valence-corrected chi connectivity index (χ0v) is 20.5. The van der Waals surface area contributed by atoms with E-state index in [-0.39, 0.29) is 17.9 Å². The number of ether oxygens (including phenoxy) is 4. The summed E-state index contributed by atoms with van der Waals surface area (Å²) in [4.78, 5) is 27.6. The van der Waals surface area contributed by atoms with Crippen LogP contribution >= 0.6 is 15.9 Å². The van der Waals surface area contributed by atoms with Gasteiger partial charge >= 0.3 is 0 Å². The normalized spacial score (nSPS) is 17.4. The zero-order chi connectivity index (χ0) is 24.1. The number of methoxy groups -OCH3 is 4. The highest BCUT2D eigenvalue weighted by molar-refractivity contribution is 9.10. The van der Waals surface area contributed by atoms with Crippen LogP contribution in [0.25, 0.3) is 5.76 Å². The minimum absolute atomic E-state index is 0.0268. The molecule has 9 heteroatoms. The average molecular weight is 520 g/mol. The van der Waals surface area contributed by atoms with Crippen LogP contribution in [0.2, 0.25) is 0 Å². The fraction of sp³-hybridized carbons (Fsp3) is 0.333. The Morgan fingerprint density at radius 1 is 1.03 bits per heavy atom. The van der Waals surface area contributed by atoms with Crippen molar-refractivity contribution in [3.63, 3.8) is 0 Å². The van der Waals surface area contributed by atoms with E-state index in [4.69, 9.17) is 18.9 Å². The Morgan fingerprint density at radius 2 is 1.76 bits per heavy atom. The highest BCUT2D eigenvalue weighted by atomic mass is 79.9. The first-order chi connectivity index (χ1) is 15.9. The largest absolute Gasteiger partial charge is 0.507 e. The number of ketones is 1. The number of Topliss-reactive ketones (excluding diaryl/α,β-unsaturated/α-hetero) is 1. The molecular formula is C24H26BrNO7. The van der Waals surface area contributed by atoms with Crippen LogP contribution in [0.5, 0.6) is 17.2 Å². The van der Waals surface area contributed by atoms with Crippen LogP contribution in [0.3, 0.4) is 0 Å². The van der Waals surface area contributed by atoms with Gasteiger partial charge in [0.05, 0.1) is 37.4 Å². The van der Waals surface area contributed by atoms with E-state index in [9.17, 15) is 14.7 Å². The van der Waals surface area contributed by atoms with Gasteiger partial charge in [0.15, 0.2) is 11.5 Å². The summed E-state index contributed by atoms with van der Waals surface area (Å²) in [5, 5.41) is 11.2. The second-order valence-corrected chi connectivity index (χ2v) is 8.13. The van der Waals surface area contributed by atoms with Gasteiger partial charge in [0.2, 0.25) is 0 Å². The van der Waals surface area contributed by atoms with Gasteiger partial charge in [-0.3, -0.25) is 9.59 Å². The SMILES string of the molecule is COCCCN1C(=O)C(=O)/C(=C(/O)c2ccc(OC)c(Br)c2)C1c1cccc(OC)c1OC. The van der Waals surface area contributed by atoms with Gasteiger partial charge < -0.3 is 29.0 Å². The Bertz CT molecular complexity index is 1080. The zero-order valence-electron chi connectivity index (χ0n) is 18.9. The van der Waals surface area contributed by atoms with Gasteiger partial charge in [-0.05, 0) is 46.6 Å². The molecule has 8 nitrogen and oxygen atoms in total. The first kappa shape index (κ1) is 24.6. The molecule has 1 atom stereocenters. The second-order valence-electron chi connectivity index (χ2n) is 7.27. The topological polar surface area (TPSA) is 94.5 Å². The molecule has 0 radical (unpaired) electrons. The number of aliphatic hydroxyl groups excluding tert-OH is 1. The van der Waals surface area contributed by atoms with Gasteiger partial charge in [0, 0.05) is 31.4 Å². The van der Waals surface area contributed by atoms with Gasteiger partial charge in [-0.15, -0.1) is 0 Å². The van der Waals surface area contributed by atoms with E-state index in [0.29, 0.717) is 45.9 Å². The summed E-state index contributed by atoms with van der Waals surface area (Å²) in [6, 6.07) is 9.26. The minimum atomic E-state index is -0.868. The standard InChI is InChI=1S/C24H26BrNO7/c1-30-12-6-11-26-20(15-7-5-8-18(32-3)23(15)33-4)19(22(28)24(26)29)21(27)14-9-10-17(31-2)16(25)13-14/h5,7-10,13,20,27H,6,11-12H2,1-4H3/b21-19+. The predicted octanol–water partition coefficient (Wildman–Crippen LogP) is 3.93. The van der Waals surface area contributed by atoms with Crippen molar-refractivity contribution in [1.82, 2.24) is 4.90 Å². The molecule has 0 saturated carbocycles. The molecule has 1 fully saturated rings. The van der Waals surface area contributed by atoms with Crippen LogP contribution < -0.4 is 14.2 Å². The van der Waals surface area contributed by atoms with Gasteiger partial charge in [0.25, 0.3) is 11.7 Å².